The summed E-state index contributed by atoms with van der Waals surface area (Å²) in [5.74, 6) is -0.928. The van der Waals surface area contributed by atoms with Gasteiger partial charge in [0.05, 0.1) is 15.6 Å². The topological polar surface area (TPSA) is 37.3 Å². The van der Waals surface area contributed by atoms with Gasteiger partial charge in [-0.05, 0) is 23.8 Å². The van der Waals surface area contributed by atoms with E-state index in [9.17, 15) is 4.79 Å². The molecule has 0 aliphatic rings. The molecular formula is C11H6Cl2O2S. The van der Waals surface area contributed by atoms with E-state index in [0.29, 0.717) is 10.0 Å². The van der Waals surface area contributed by atoms with Crippen LogP contribution in [0.25, 0.3) is 10.4 Å². The number of halogens is 2. The number of rotatable bonds is 2. The van der Waals surface area contributed by atoms with Crippen molar-refractivity contribution in [2.45, 2.75) is 0 Å². The van der Waals surface area contributed by atoms with E-state index in [1.165, 1.54) is 11.3 Å². The smallest absolute Gasteiger partial charge is 0.336 e. The van der Waals surface area contributed by atoms with Crippen LogP contribution in [0.4, 0.5) is 0 Å². The summed E-state index contributed by atoms with van der Waals surface area (Å²) < 4.78 is 0. The molecular weight excluding hydrogens is 267 g/mol. The Morgan fingerprint density at radius 1 is 1.19 bits per heavy atom. The molecule has 5 heteroatoms. The number of hydrogen-bond acceptors (Lipinski definition) is 2. The quantitative estimate of drug-likeness (QED) is 0.879. The molecule has 16 heavy (non-hydrogen) atoms. The van der Waals surface area contributed by atoms with E-state index >= 15 is 0 Å². The molecule has 0 aliphatic heterocycles. The van der Waals surface area contributed by atoms with Gasteiger partial charge in [-0.15, -0.1) is 11.3 Å². The average molecular weight is 273 g/mol. The first-order valence-corrected chi connectivity index (χ1v) is 5.99. The van der Waals surface area contributed by atoms with Gasteiger partial charge in [-0.1, -0.05) is 29.3 Å². The summed E-state index contributed by atoms with van der Waals surface area (Å²) in [6, 6.07) is 6.85. The number of thiophene rings is 1. The second-order valence-electron chi connectivity index (χ2n) is 3.13. The molecule has 2 aromatic rings. The molecule has 0 atom stereocenters. The van der Waals surface area contributed by atoms with Crippen LogP contribution in [0.3, 0.4) is 0 Å². The molecule has 0 bridgehead atoms. The second-order valence-corrected chi connectivity index (χ2v) is 4.86. The number of aromatic carboxylic acids is 1. The van der Waals surface area contributed by atoms with Crippen molar-refractivity contribution >= 4 is 40.5 Å². The Hall–Kier alpha value is -1.03. The maximum absolute atomic E-state index is 10.7. The molecule has 2 rings (SSSR count). The number of hydrogen-bond donors (Lipinski definition) is 1. The van der Waals surface area contributed by atoms with Crippen LogP contribution in [0.15, 0.2) is 29.6 Å². The zero-order chi connectivity index (χ0) is 11.7. The predicted molar refractivity (Wildman–Crippen MR) is 66.7 cm³/mol. The summed E-state index contributed by atoms with van der Waals surface area (Å²) in [5.41, 5.74) is 1.15. The van der Waals surface area contributed by atoms with Crippen LogP contribution in [0.5, 0.6) is 0 Å². The Bertz CT molecular complexity index is 549. The zero-order valence-corrected chi connectivity index (χ0v) is 10.2. The van der Waals surface area contributed by atoms with Gasteiger partial charge >= 0.3 is 5.97 Å². The molecule has 0 unspecified atom stereocenters. The average Bonchev–Trinajstić information content (AvgIpc) is 2.71. The fraction of sp³-hybridized carbons (Fsp3) is 0. The van der Waals surface area contributed by atoms with Crippen molar-refractivity contribution in [2.75, 3.05) is 0 Å². The maximum atomic E-state index is 10.7. The van der Waals surface area contributed by atoms with Gasteiger partial charge in [0, 0.05) is 10.3 Å². The number of carboxylic acids is 1. The summed E-state index contributed by atoms with van der Waals surface area (Å²) in [6.45, 7) is 0. The second kappa shape index (κ2) is 4.45. The molecule has 0 fully saturated rings. The minimum absolute atomic E-state index is 0.283. The SMILES string of the molecule is O=C(O)c1csc(-c2ccc(Cl)c(Cl)c2)c1. The summed E-state index contributed by atoms with van der Waals surface area (Å²) in [6.07, 6.45) is 0. The van der Waals surface area contributed by atoms with Crippen molar-refractivity contribution in [2.24, 2.45) is 0 Å². The lowest BCUT2D eigenvalue weighted by Gasteiger charge is -1.99. The van der Waals surface area contributed by atoms with E-state index in [1.807, 2.05) is 6.07 Å². The van der Waals surface area contributed by atoms with Gasteiger partial charge in [-0.25, -0.2) is 4.79 Å². The minimum Gasteiger partial charge on any atom is -0.478 e. The molecule has 0 aliphatic carbocycles. The van der Waals surface area contributed by atoms with Crippen molar-refractivity contribution in [3.63, 3.8) is 0 Å². The van der Waals surface area contributed by atoms with E-state index in [0.717, 1.165) is 10.4 Å². The summed E-state index contributed by atoms with van der Waals surface area (Å²) in [7, 11) is 0. The van der Waals surface area contributed by atoms with Crippen molar-refractivity contribution in [1.82, 2.24) is 0 Å². The fourth-order valence-corrected chi connectivity index (χ4v) is 2.43. The van der Waals surface area contributed by atoms with Crippen molar-refractivity contribution in [1.29, 1.82) is 0 Å². The highest BCUT2D eigenvalue weighted by molar-refractivity contribution is 7.13. The van der Waals surface area contributed by atoms with E-state index < -0.39 is 5.97 Å². The van der Waals surface area contributed by atoms with Crippen molar-refractivity contribution in [3.05, 3.63) is 45.3 Å². The van der Waals surface area contributed by atoms with Gasteiger partial charge in [0.25, 0.3) is 0 Å². The molecule has 0 spiro atoms. The standard InChI is InChI=1S/C11H6Cl2O2S/c12-8-2-1-6(3-9(8)13)10-4-7(5-16-10)11(14)15/h1-5H,(H,14,15). The Balaban J connectivity index is 2.42. The van der Waals surface area contributed by atoms with E-state index in [2.05, 4.69) is 0 Å². The lowest BCUT2D eigenvalue weighted by molar-refractivity contribution is 0.0697. The largest absolute Gasteiger partial charge is 0.478 e. The molecule has 82 valence electrons. The van der Waals surface area contributed by atoms with Gasteiger partial charge in [0.2, 0.25) is 0 Å². The first-order valence-electron chi connectivity index (χ1n) is 4.35. The molecule has 0 amide bonds. The molecule has 2 nitrogen and oxygen atoms in total. The fourth-order valence-electron chi connectivity index (χ4n) is 1.25. The van der Waals surface area contributed by atoms with Gasteiger partial charge in [-0.2, -0.15) is 0 Å². The maximum Gasteiger partial charge on any atom is 0.336 e. The van der Waals surface area contributed by atoms with E-state index in [4.69, 9.17) is 28.3 Å². The summed E-state index contributed by atoms with van der Waals surface area (Å²) >= 11 is 13.1. The Morgan fingerprint density at radius 2 is 1.94 bits per heavy atom. The number of carbonyl (C=O) groups is 1. The third-order valence-electron chi connectivity index (χ3n) is 2.05. The Morgan fingerprint density at radius 3 is 2.50 bits per heavy atom. The van der Waals surface area contributed by atoms with Crippen LogP contribution in [-0.4, -0.2) is 11.1 Å². The molecule has 1 heterocycles. The lowest BCUT2D eigenvalue weighted by Crippen LogP contribution is -1.91. The Kier molecular flexibility index (Phi) is 3.19. The van der Waals surface area contributed by atoms with Crippen LogP contribution >= 0.6 is 34.5 Å². The zero-order valence-electron chi connectivity index (χ0n) is 7.91. The lowest BCUT2D eigenvalue weighted by atomic mass is 10.2. The van der Waals surface area contributed by atoms with Crippen molar-refractivity contribution < 1.29 is 9.90 Å². The van der Waals surface area contributed by atoms with E-state index in [-0.39, 0.29) is 5.56 Å². The van der Waals surface area contributed by atoms with Crippen LogP contribution in [-0.2, 0) is 0 Å². The van der Waals surface area contributed by atoms with Crippen LogP contribution < -0.4 is 0 Å². The monoisotopic (exact) mass is 272 g/mol. The van der Waals surface area contributed by atoms with E-state index in [1.54, 1.807) is 23.6 Å². The van der Waals surface area contributed by atoms with Crippen LogP contribution in [0, 0.1) is 0 Å². The minimum atomic E-state index is -0.928. The normalized spacial score (nSPS) is 10.4. The van der Waals surface area contributed by atoms with Crippen LogP contribution in [0.1, 0.15) is 10.4 Å². The molecule has 1 N–H and O–H groups in total. The summed E-state index contributed by atoms with van der Waals surface area (Å²) in [4.78, 5) is 11.6. The first kappa shape index (κ1) is 11.5. The molecule has 1 aromatic carbocycles. The summed E-state index contributed by atoms with van der Waals surface area (Å²) in [5, 5.41) is 11.3. The highest BCUT2D eigenvalue weighted by Gasteiger charge is 2.09. The molecule has 0 saturated carbocycles. The van der Waals surface area contributed by atoms with Crippen LogP contribution in [0.2, 0.25) is 10.0 Å². The highest BCUT2D eigenvalue weighted by atomic mass is 35.5. The van der Waals surface area contributed by atoms with Gasteiger partial charge < -0.3 is 5.11 Å². The molecule has 1 aromatic heterocycles. The van der Waals surface area contributed by atoms with Crippen molar-refractivity contribution in [3.8, 4) is 10.4 Å². The molecule has 0 saturated heterocycles. The third-order valence-corrected chi connectivity index (χ3v) is 3.77. The van der Waals surface area contributed by atoms with Gasteiger partial charge in [0.15, 0.2) is 0 Å². The predicted octanol–water partition coefficient (Wildman–Crippen LogP) is 4.42. The van der Waals surface area contributed by atoms with Gasteiger partial charge in [0.1, 0.15) is 0 Å². The number of carboxylic acid groups (broad SMARTS) is 1. The molecule has 0 radical (unpaired) electrons. The Labute approximate surface area is 106 Å². The third kappa shape index (κ3) is 2.21. The van der Waals surface area contributed by atoms with Gasteiger partial charge in [-0.3, -0.25) is 0 Å². The highest BCUT2D eigenvalue weighted by Crippen LogP contribution is 2.32. The first-order chi connectivity index (χ1) is 7.58. The number of benzene rings is 1.